The number of Topliss-reactive ketones (excluding diaryl/α,β-unsaturated/α-hetero) is 1. The smallest absolute Gasteiger partial charge is 0.166 e. The van der Waals surface area contributed by atoms with Crippen molar-refractivity contribution in [2.24, 2.45) is 0 Å². The summed E-state index contributed by atoms with van der Waals surface area (Å²) in [6, 6.07) is 4.79. The molecule has 3 heteroatoms. The first-order chi connectivity index (χ1) is 10.7. The molecule has 0 aliphatic rings. The van der Waals surface area contributed by atoms with E-state index in [9.17, 15) is 9.90 Å². The summed E-state index contributed by atoms with van der Waals surface area (Å²) >= 11 is 0. The molecule has 1 aromatic carbocycles. The van der Waals surface area contributed by atoms with E-state index < -0.39 is 0 Å². The van der Waals surface area contributed by atoms with E-state index in [1.54, 1.807) is 19.2 Å². The van der Waals surface area contributed by atoms with E-state index in [2.05, 4.69) is 6.92 Å². The maximum absolute atomic E-state index is 12.1. The summed E-state index contributed by atoms with van der Waals surface area (Å²) < 4.78 is 5.09. The monoisotopic (exact) mass is 306 g/mol. The van der Waals surface area contributed by atoms with Crippen LogP contribution in [0.2, 0.25) is 0 Å². The number of methoxy groups -OCH3 is 1. The Kier molecular flexibility index (Phi) is 9.36. The van der Waals surface area contributed by atoms with Crippen LogP contribution in [-0.4, -0.2) is 18.0 Å². The maximum atomic E-state index is 12.1. The highest BCUT2D eigenvalue weighted by Gasteiger charge is 2.12. The molecule has 0 saturated heterocycles. The number of hydrogen-bond donors (Lipinski definition) is 1. The molecular weight excluding hydrogens is 276 g/mol. The molecule has 0 atom stereocenters. The van der Waals surface area contributed by atoms with Crippen LogP contribution >= 0.6 is 0 Å². The second kappa shape index (κ2) is 11.1. The first-order valence-electron chi connectivity index (χ1n) is 8.59. The van der Waals surface area contributed by atoms with Gasteiger partial charge in [-0.3, -0.25) is 4.79 Å². The molecule has 0 aliphatic heterocycles. The second-order valence-electron chi connectivity index (χ2n) is 5.88. The van der Waals surface area contributed by atoms with Gasteiger partial charge in [0.25, 0.3) is 0 Å². The number of benzene rings is 1. The van der Waals surface area contributed by atoms with Gasteiger partial charge in [0.1, 0.15) is 11.5 Å². The Labute approximate surface area is 134 Å². The van der Waals surface area contributed by atoms with Crippen LogP contribution in [0.1, 0.15) is 81.5 Å². The van der Waals surface area contributed by atoms with Gasteiger partial charge in [-0.25, -0.2) is 0 Å². The van der Waals surface area contributed by atoms with Gasteiger partial charge < -0.3 is 9.84 Å². The second-order valence-corrected chi connectivity index (χ2v) is 5.88. The number of phenols is 1. The summed E-state index contributed by atoms with van der Waals surface area (Å²) in [5, 5.41) is 9.77. The minimum atomic E-state index is -0.000606. The molecule has 3 nitrogen and oxygen atoms in total. The number of ether oxygens (including phenoxy) is 1. The zero-order valence-electron chi connectivity index (χ0n) is 14.1. The lowest BCUT2D eigenvalue weighted by Crippen LogP contribution is -2.00. The van der Waals surface area contributed by atoms with Crippen molar-refractivity contribution in [3.05, 3.63) is 23.8 Å². The summed E-state index contributed by atoms with van der Waals surface area (Å²) in [5.41, 5.74) is 0.374. The Morgan fingerprint density at radius 3 is 2.18 bits per heavy atom. The number of aromatic hydroxyl groups is 1. The molecule has 1 aromatic rings. The van der Waals surface area contributed by atoms with E-state index in [1.807, 2.05) is 0 Å². The van der Waals surface area contributed by atoms with Crippen LogP contribution in [-0.2, 0) is 0 Å². The van der Waals surface area contributed by atoms with Crippen LogP contribution in [0.4, 0.5) is 0 Å². The Balaban J connectivity index is 2.18. The normalized spacial score (nSPS) is 10.6. The molecule has 0 heterocycles. The molecule has 0 fully saturated rings. The molecule has 0 unspecified atom stereocenters. The van der Waals surface area contributed by atoms with Crippen LogP contribution in [0.15, 0.2) is 18.2 Å². The van der Waals surface area contributed by atoms with Gasteiger partial charge in [0, 0.05) is 6.42 Å². The maximum Gasteiger partial charge on any atom is 0.166 e. The summed E-state index contributed by atoms with van der Waals surface area (Å²) in [6.07, 6.45) is 11.6. The lowest BCUT2D eigenvalue weighted by atomic mass is 10.0. The SMILES string of the molecule is CCCCCCCCCCCC(=O)c1cc(OC)ccc1O. The fraction of sp³-hybridized carbons (Fsp3) is 0.632. The summed E-state index contributed by atoms with van der Waals surface area (Å²) in [5.74, 6) is 0.647. The molecule has 1 N–H and O–H groups in total. The molecule has 0 spiro atoms. The number of carbonyl (C=O) groups excluding carboxylic acids is 1. The fourth-order valence-electron chi connectivity index (χ4n) is 2.60. The topological polar surface area (TPSA) is 46.5 Å². The molecule has 0 aliphatic carbocycles. The Morgan fingerprint density at radius 2 is 1.59 bits per heavy atom. The molecule has 0 amide bonds. The predicted octanol–water partition coefficient (Wildman–Crippen LogP) is 5.50. The van der Waals surface area contributed by atoms with Crippen molar-refractivity contribution in [1.82, 2.24) is 0 Å². The lowest BCUT2D eigenvalue weighted by molar-refractivity contribution is 0.0976. The van der Waals surface area contributed by atoms with Gasteiger partial charge in [0.2, 0.25) is 0 Å². The molecule has 0 saturated carbocycles. The average molecular weight is 306 g/mol. The number of hydrogen-bond acceptors (Lipinski definition) is 3. The Bertz CT molecular complexity index is 440. The minimum absolute atomic E-state index is 0.000606. The zero-order chi connectivity index (χ0) is 16.2. The van der Waals surface area contributed by atoms with Crippen LogP contribution in [0.5, 0.6) is 11.5 Å². The fourth-order valence-corrected chi connectivity index (χ4v) is 2.60. The van der Waals surface area contributed by atoms with E-state index in [4.69, 9.17) is 4.74 Å². The molecule has 0 radical (unpaired) electrons. The number of ketones is 1. The van der Waals surface area contributed by atoms with E-state index >= 15 is 0 Å². The van der Waals surface area contributed by atoms with Crippen molar-refractivity contribution < 1.29 is 14.6 Å². The van der Waals surface area contributed by atoms with Crippen molar-refractivity contribution in [1.29, 1.82) is 0 Å². The highest BCUT2D eigenvalue weighted by Crippen LogP contribution is 2.24. The largest absolute Gasteiger partial charge is 0.507 e. The third kappa shape index (κ3) is 6.97. The first kappa shape index (κ1) is 18.5. The van der Waals surface area contributed by atoms with Gasteiger partial charge in [-0.15, -0.1) is 0 Å². The van der Waals surface area contributed by atoms with Crippen molar-refractivity contribution in [2.75, 3.05) is 7.11 Å². The van der Waals surface area contributed by atoms with Gasteiger partial charge in [0.15, 0.2) is 5.78 Å². The van der Waals surface area contributed by atoms with Gasteiger partial charge >= 0.3 is 0 Å². The number of carbonyl (C=O) groups is 1. The number of unbranched alkanes of at least 4 members (excludes halogenated alkanes) is 8. The standard InChI is InChI=1S/C19H30O3/c1-3-4-5-6-7-8-9-10-11-12-18(20)17-15-16(22-2)13-14-19(17)21/h13-15,21H,3-12H2,1-2H3. The van der Waals surface area contributed by atoms with E-state index in [0.29, 0.717) is 17.7 Å². The van der Waals surface area contributed by atoms with Crippen LogP contribution in [0.25, 0.3) is 0 Å². The zero-order valence-corrected chi connectivity index (χ0v) is 14.1. The van der Waals surface area contributed by atoms with Gasteiger partial charge in [-0.2, -0.15) is 0 Å². The molecule has 124 valence electrons. The highest BCUT2D eigenvalue weighted by molar-refractivity contribution is 5.98. The highest BCUT2D eigenvalue weighted by atomic mass is 16.5. The quantitative estimate of drug-likeness (QED) is 0.409. The predicted molar refractivity (Wildman–Crippen MR) is 90.8 cm³/mol. The lowest BCUT2D eigenvalue weighted by Gasteiger charge is -2.06. The summed E-state index contributed by atoms with van der Waals surface area (Å²) in [6.45, 7) is 2.23. The molecule has 0 bridgehead atoms. The van der Waals surface area contributed by atoms with Crippen LogP contribution in [0.3, 0.4) is 0 Å². The van der Waals surface area contributed by atoms with Crippen LogP contribution < -0.4 is 4.74 Å². The van der Waals surface area contributed by atoms with Gasteiger partial charge in [-0.05, 0) is 24.6 Å². The molecule has 0 aromatic heterocycles. The van der Waals surface area contributed by atoms with Crippen molar-refractivity contribution in [3.8, 4) is 11.5 Å². The van der Waals surface area contributed by atoms with Crippen molar-refractivity contribution in [2.45, 2.75) is 71.1 Å². The third-order valence-corrected chi connectivity index (χ3v) is 4.01. The first-order valence-corrected chi connectivity index (χ1v) is 8.59. The van der Waals surface area contributed by atoms with E-state index in [0.717, 1.165) is 12.8 Å². The molecular formula is C19H30O3. The Hall–Kier alpha value is -1.51. The third-order valence-electron chi connectivity index (χ3n) is 4.01. The number of phenolic OH excluding ortho intramolecular Hbond substituents is 1. The summed E-state index contributed by atoms with van der Waals surface area (Å²) in [4.78, 5) is 12.1. The van der Waals surface area contributed by atoms with Gasteiger partial charge in [-0.1, -0.05) is 58.3 Å². The summed E-state index contributed by atoms with van der Waals surface area (Å²) in [7, 11) is 1.56. The molecule has 1 rings (SSSR count). The van der Waals surface area contributed by atoms with Crippen LogP contribution in [0, 0.1) is 0 Å². The number of rotatable bonds is 12. The molecule has 22 heavy (non-hydrogen) atoms. The van der Waals surface area contributed by atoms with Crippen molar-refractivity contribution >= 4 is 5.78 Å². The van der Waals surface area contributed by atoms with E-state index in [-0.39, 0.29) is 11.5 Å². The van der Waals surface area contributed by atoms with Crippen molar-refractivity contribution in [3.63, 3.8) is 0 Å². The minimum Gasteiger partial charge on any atom is -0.507 e. The average Bonchev–Trinajstić information content (AvgIpc) is 2.53. The van der Waals surface area contributed by atoms with Gasteiger partial charge in [0.05, 0.1) is 12.7 Å². The van der Waals surface area contributed by atoms with E-state index in [1.165, 1.54) is 51.0 Å². The Morgan fingerprint density at radius 1 is 1.00 bits per heavy atom.